The molecule has 0 saturated heterocycles. The molecule has 2 aromatic carbocycles. The molecule has 0 unspecified atom stereocenters. The van der Waals surface area contributed by atoms with Gasteiger partial charge in [-0.2, -0.15) is 0 Å². The lowest BCUT2D eigenvalue weighted by molar-refractivity contribution is -0.384. The maximum atomic E-state index is 12.1. The van der Waals surface area contributed by atoms with Crippen LogP contribution in [0.15, 0.2) is 36.4 Å². The van der Waals surface area contributed by atoms with Crippen molar-refractivity contribution in [1.82, 2.24) is 5.32 Å². The molecular weight excluding hydrogens is 394 g/mol. The molecule has 0 radical (unpaired) electrons. The van der Waals surface area contributed by atoms with Crippen LogP contribution in [0.2, 0.25) is 0 Å². The van der Waals surface area contributed by atoms with E-state index in [2.05, 4.69) is 10.6 Å². The number of hydrogen-bond donors (Lipinski definition) is 2. The van der Waals surface area contributed by atoms with Gasteiger partial charge in [-0.1, -0.05) is 6.07 Å². The van der Waals surface area contributed by atoms with Crippen molar-refractivity contribution in [3.63, 3.8) is 0 Å². The van der Waals surface area contributed by atoms with Gasteiger partial charge in [0, 0.05) is 5.56 Å². The summed E-state index contributed by atoms with van der Waals surface area (Å²) in [5, 5.41) is 15.8. The van der Waals surface area contributed by atoms with E-state index >= 15 is 0 Å². The molecule has 2 aromatic rings. The molecular formula is C20H21N3O7. The number of hydrogen-bond acceptors (Lipinski definition) is 7. The van der Waals surface area contributed by atoms with Crippen LogP contribution in [-0.2, 0) is 14.3 Å². The molecule has 10 nitrogen and oxygen atoms in total. The Labute approximate surface area is 172 Å². The number of amides is 2. The summed E-state index contributed by atoms with van der Waals surface area (Å²) >= 11 is 0. The standard InChI is InChI=1S/C20H21N3O7/c1-12-4-5-14(8-13(12)2)20(26)21-10-19(25)30-11-18(24)22-16-7-6-15(29-3)9-17(16)23(27)28/h4-9H,10-11H2,1-3H3,(H,21,26)(H,22,24). The molecule has 0 atom stereocenters. The minimum Gasteiger partial charge on any atom is -0.496 e. The Hall–Kier alpha value is -3.95. The molecule has 2 rings (SSSR count). The number of nitrogens with zero attached hydrogens (tertiary/aromatic N) is 1. The first kappa shape index (κ1) is 22.3. The van der Waals surface area contributed by atoms with Gasteiger partial charge >= 0.3 is 5.97 Å². The molecule has 0 aromatic heterocycles. The zero-order chi connectivity index (χ0) is 22.3. The molecule has 0 bridgehead atoms. The molecule has 0 fully saturated rings. The van der Waals surface area contributed by atoms with Crippen molar-refractivity contribution in [2.75, 3.05) is 25.6 Å². The van der Waals surface area contributed by atoms with Crippen LogP contribution in [0.25, 0.3) is 0 Å². The fourth-order valence-electron chi connectivity index (χ4n) is 2.42. The number of nitro benzene ring substituents is 1. The SMILES string of the molecule is COc1ccc(NC(=O)COC(=O)CNC(=O)c2ccc(C)c(C)c2)c([N+](=O)[O-])c1. The second-order valence-corrected chi connectivity index (χ2v) is 6.33. The van der Waals surface area contributed by atoms with Crippen molar-refractivity contribution in [2.45, 2.75) is 13.8 Å². The molecule has 0 spiro atoms. The minimum atomic E-state index is -0.827. The van der Waals surface area contributed by atoms with Crippen molar-refractivity contribution in [3.8, 4) is 5.75 Å². The van der Waals surface area contributed by atoms with Gasteiger partial charge in [-0.25, -0.2) is 0 Å². The van der Waals surface area contributed by atoms with Gasteiger partial charge in [0.15, 0.2) is 6.61 Å². The van der Waals surface area contributed by atoms with Crippen LogP contribution < -0.4 is 15.4 Å². The smallest absolute Gasteiger partial charge is 0.325 e. The van der Waals surface area contributed by atoms with Crippen molar-refractivity contribution in [3.05, 3.63) is 63.2 Å². The van der Waals surface area contributed by atoms with Crippen LogP contribution in [0, 0.1) is 24.0 Å². The number of benzene rings is 2. The quantitative estimate of drug-likeness (QED) is 0.383. The first-order valence-electron chi connectivity index (χ1n) is 8.84. The number of carbonyl (C=O) groups excluding carboxylic acids is 3. The Morgan fingerprint density at radius 1 is 1.07 bits per heavy atom. The van der Waals surface area contributed by atoms with Crippen LogP contribution in [-0.4, -0.2) is 43.0 Å². The summed E-state index contributed by atoms with van der Waals surface area (Å²) in [4.78, 5) is 46.2. The van der Waals surface area contributed by atoms with E-state index in [0.29, 0.717) is 5.56 Å². The van der Waals surface area contributed by atoms with Gasteiger partial charge in [0.05, 0.1) is 18.1 Å². The number of ether oxygens (including phenoxy) is 2. The first-order chi connectivity index (χ1) is 14.2. The Morgan fingerprint density at radius 3 is 2.43 bits per heavy atom. The predicted octanol–water partition coefficient (Wildman–Crippen LogP) is 2.13. The average molecular weight is 415 g/mol. The monoisotopic (exact) mass is 415 g/mol. The van der Waals surface area contributed by atoms with E-state index in [1.54, 1.807) is 18.2 Å². The molecule has 158 valence electrons. The highest BCUT2D eigenvalue weighted by molar-refractivity contribution is 5.97. The highest BCUT2D eigenvalue weighted by Crippen LogP contribution is 2.28. The predicted molar refractivity (Wildman–Crippen MR) is 107 cm³/mol. The number of carbonyl (C=O) groups is 3. The molecule has 2 amide bonds. The lowest BCUT2D eigenvalue weighted by Gasteiger charge is -2.09. The molecule has 0 saturated carbocycles. The highest BCUT2D eigenvalue weighted by atomic mass is 16.6. The second-order valence-electron chi connectivity index (χ2n) is 6.33. The van der Waals surface area contributed by atoms with Gasteiger partial charge in [0.25, 0.3) is 17.5 Å². The number of aryl methyl sites for hydroxylation is 2. The lowest BCUT2D eigenvalue weighted by atomic mass is 10.1. The highest BCUT2D eigenvalue weighted by Gasteiger charge is 2.18. The van der Waals surface area contributed by atoms with Crippen molar-refractivity contribution in [1.29, 1.82) is 0 Å². The summed E-state index contributed by atoms with van der Waals surface area (Å²) in [7, 11) is 1.36. The summed E-state index contributed by atoms with van der Waals surface area (Å²) in [5.41, 5.74) is 1.94. The van der Waals surface area contributed by atoms with E-state index in [9.17, 15) is 24.5 Å². The van der Waals surface area contributed by atoms with Crippen molar-refractivity contribution >= 4 is 29.2 Å². The van der Waals surface area contributed by atoms with E-state index in [1.807, 2.05) is 13.8 Å². The Bertz CT molecular complexity index is 988. The zero-order valence-electron chi connectivity index (χ0n) is 16.7. The normalized spacial score (nSPS) is 10.1. The average Bonchev–Trinajstić information content (AvgIpc) is 2.72. The molecule has 30 heavy (non-hydrogen) atoms. The molecule has 0 heterocycles. The summed E-state index contributed by atoms with van der Waals surface area (Å²) in [6.07, 6.45) is 0. The maximum absolute atomic E-state index is 12.1. The summed E-state index contributed by atoms with van der Waals surface area (Å²) in [6.45, 7) is 2.69. The van der Waals surface area contributed by atoms with E-state index in [-0.39, 0.29) is 17.1 Å². The van der Waals surface area contributed by atoms with Crippen molar-refractivity contribution < 1.29 is 28.8 Å². The van der Waals surface area contributed by atoms with E-state index in [0.717, 1.165) is 17.2 Å². The molecule has 10 heteroatoms. The third-order valence-electron chi connectivity index (χ3n) is 4.20. The number of anilines is 1. The van der Waals surface area contributed by atoms with Crippen LogP contribution in [0.1, 0.15) is 21.5 Å². The second kappa shape index (κ2) is 10.0. The number of rotatable bonds is 8. The Kier molecular flexibility index (Phi) is 7.45. The number of methoxy groups -OCH3 is 1. The first-order valence-corrected chi connectivity index (χ1v) is 8.84. The fraction of sp³-hybridized carbons (Fsp3) is 0.250. The molecule has 2 N–H and O–H groups in total. The molecule has 0 aliphatic carbocycles. The number of nitrogens with one attached hydrogen (secondary N) is 2. The van der Waals surface area contributed by atoms with E-state index in [4.69, 9.17) is 9.47 Å². The molecule has 0 aliphatic rings. The third-order valence-corrected chi connectivity index (χ3v) is 4.20. The fourth-order valence-corrected chi connectivity index (χ4v) is 2.42. The van der Waals surface area contributed by atoms with Gasteiger partial charge in [0.1, 0.15) is 18.0 Å². The van der Waals surface area contributed by atoms with Crippen LogP contribution in [0.3, 0.4) is 0 Å². The third kappa shape index (κ3) is 6.03. The van der Waals surface area contributed by atoms with E-state index in [1.165, 1.54) is 19.2 Å². The Morgan fingerprint density at radius 2 is 1.80 bits per heavy atom. The van der Waals surface area contributed by atoms with Gasteiger partial charge in [-0.3, -0.25) is 24.5 Å². The minimum absolute atomic E-state index is 0.0649. The van der Waals surface area contributed by atoms with Gasteiger partial charge in [0.2, 0.25) is 0 Å². The number of nitro groups is 1. The largest absolute Gasteiger partial charge is 0.496 e. The van der Waals surface area contributed by atoms with Gasteiger partial charge in [-0.15, -0.1) is 0 Å². The zero-order valence-corrected chi connectivity index (χ0v) is 16.7. The van der Waals surface area contributed by atoms with Gasteiger partial charge < -0.3 is 20.1 Å². The summed E-state index contributed by atoms with van der Waals surface area (Å²) < 4.78 is 9.70. The summed E-state index contributed by atoms with van der Waals surface area (Å²) in [5.74, 6) is -1.79. The Balaban J connectivity index is 1.84. The van der Waals surface area contributed by atoms with Crippen molar-refractivity contribution in [2.24, 2.45) is 0 Å². The van der Waals surface area contributed by atoms with Crippen LogP contribution in [0.4, 0.5) is 11.4 Å². The summed E-state index contributed by atoms with van der Waals surface area (Å²) in [6, 6.07) is 9.04. The topological polar surface area (TPSA) is 137 Å². The number of esters is 1. The lowest BCUT2D eigenvalue weighted by Crippen LogP contribution is -2.32. The maximum Gasteiger partial charge on any atom is 0.325 e. The molecule has 0 aliphatic heterocycles. The van der Waals surface area contributed by atoms with Gasteiger partial charge in [-0.05, 0) is 49.2 Å². The van der Waals surface area contributed by atoms with Crippen LogP contribution in [0.5, 0.6) is 5.75 Å². The van der Waals surface area contributed by atoms with Crippen LogP contribution >= 0.6 is 0 Å². The van der Waals surface area contributed by atoms with E-state index < -0.39 is 35.9 Å².